The van der Waals surface area contributed by atoms with Crippen LogP contribution in [-0.4, -0.2) is 25.3 Å². The van der Waals surface area contributed by atoms with Crippen LogP contribution in [0.25, 0.3) is 0 Å². The molecule has 4 atom stereocenters. The van der Waals surface area contributed by atoms with Gasteiger partial charge in [0.2, 0.25) is 11.6 Å². The number of hydrogen-bond donors (Lipinski definition) is 0. The maximum Gasteiger partial charge on any atom is 0.309 e. The Morgan fingerprint density at radius 3 is 1.93 bits per heavy atom. The first-order chi connectivity index (χ1) is 19.9. The molecular weight excluding hydrogens is 522 g/mol. The summed E-state index contributed by atoms with van der Waals surface area (Å²) in [5.41, 5.74) is 0. The van der Waals surface area contributed by atoms with Gasteiger partial charge in [0.05, 0.1) is 19.1 Å². The number of carbonyl (C=O) groups is 1. The summed E-state index contributed by atoms with van der Waals surface area (Å²) in [5.74, 6) is 2.74. The van der Waals surface area contributed by atoms with Crippen LogP contribution in [-0.2, 0) is 9.53 Å². The maximum atomic E-state index is 14.3. The molecule has 4 saturated carbocycles. The van der Waals surface area contributed by atoms with Crippen molar-refractivity contribution in [1.29, 1.82) is 0 Å². The lowest BCUT2D eigenvalue weighted by molar-refractivity contribution is -0.157. The first kappa shape index (κ1) is 30.6. The van der Waals surface area contributed by atoms with Crippen molar-refractivity contribution in [2.24, 2.45) is 41.4 Å². The third-order valence-corrected chi connectivity index (χ3v) is 11.1. The molecule has 1 aromatic carbocycles. The summed E-state index contributed by atoms with van der Waals surface area (Å²) in [7, 11) is 0. The van der Waals surface area contributed by atoms with E-state index in [9.17, 15) is 13.6 Å². The lowest BCUT2D eigenvalue weighted by Crippen LogP contribution is -2.36. The maximum absolute atomic E-state index is 14.3. The molecule has 230 valence electrons. The van der Waals surface area contributed by atoms with E-state index in [1.165, 1.54) is 76.3 Å². The van der Waals surface area contributed by atoms with Crippen LogP contribution >= 0.6 is 0 Å². The highest BCUT2D eigenvalue weighted by molar-refractivity contribution is 5.72. The van der Waals surface area contributed by atoms with Gasteiger partial charge in [0, 0.05) is 0 Å². The van der Waals surface area contributed by atoms with E-state index in [0.717, 1.165) is 68.1 Å². The number of ether oxygens (including phenoxy) is 3. The molecule has 0 aliphatic heterocycles. The minimum atomic E-state index is -1.01. The van der Waals surface area contributed by atoms with Gasteiger partial charge in [-0.2, -0.15) is 8.78 Å². The molecule has 0 bridgehead atoms. The number of rotatable bonds is 10. The third kappa shape index (κ3) is 7.76. The number of esters is 1. The molecule has 41 heavy (non-hydrogen) atoms. The van der Waals surface area contributed by atoms with Crippen LogP contribution in [0.3, 0.4) is 0 Å². The van der Waals surface area contributed by atoms with Crippen molar-refractivity contribution in [3.63, 3.8) is 0 Å². The summed E-state index contributed by atoms with van der Waals surface area (Å²) < 4.78 is 45.2. The van der Waals surface area contributed by atoms with E-state index in [1.54, 1.807) is 6.92 Å². The molecule has 4 unspecified atom stereocenters. The molecule has 5 rings (SSSR count). The Morgan fingerprint density at radius 1 is 0.707 bits per heavy atom. The minimum absolute atomic E-state index is 0.00744. The van der Waals surface area contributed by atoms with Crippen molar-refractivity contribution in [3.05, 3.63) is 23.8 Å². The Kier molecular flexibility index (Phi) is 10.9. The Labute approximate surface area is 246 Å². The predicted molar refractivity (Wildman–Crippen MR) is 157 cm³/mol. The summed E-state index contributed by atoms with van der Waals surface area (Å²) in [6, 6.07) is 2.83. The van der Waals surface area contributed by atoms with Crippen molar-refractivity contribution in [3.8, 4) is 11.5 Å². The summed E-state index contributed by atoms with van der Waals surface area (Å²) in [6.07, 6.45) is 19.1. The largest absolute Gasteiger partial charge is 0.491 e. The summed E-state index contributed by atoms with van der Waals surface area (Å²) in [6.45, 7) is 4.66. The smallest absolute Gasteiger partial charge is 0.309 e. The zero-order valence-electron chi connectivity index (χ0n) is 25.4. The molecule has 0 saturated heterocycles. The van der Waals surface area contributed by atoms with E-state index in [1.807, 2.05) is 0 Å². The van der Waals surface area contributed by atoms with Gasteiger partial charge in [-0.25, -0.2) is 0 Å². The fourth-order valence-corrected chi connectivity index (χ4v) is 8.72. The molecule has 0 spiro atoms. The number of benzene rings is 1. The zero-order chi connectivity index (χ0) is 28.8. The molecule has 4 aliphatic rings. The molecule has 0 aromatic heterocycles. The Hall–Kier alpha value is -1.85. The average molecular weight is 575 g/mol. The molecule has 4 nitrogen and oxygen atoms in total. The topological polar surface area (TPSA) is 44.8 Å². The second kappa shape index (κ2) is 14.6. The summed E-state index contributed by atoms with van der Waals surface area (Å²) in [5, 5.41) is 0. The van der Waals surface area contributed by atoms with E-state index in [4.69, 9.17) is 14.2 Å². The normalized spacial score (nSPS) is 34.0. The quantitative estimate of drug-likeness (QED) is 0.261. The van der Waals surface area contributed by atoms with Crippen molar-refractivity contribution < 1.29 is 27.8 Å². The van der Waals surface area contributed by atoms with Crippen LogP contribution < -0.4 is 9.47 Å². The second-order valence-corrected chi connectivity index (χ2v) is 13.7. The van der Waals surface area contributed by atoms with Gasteiger partial charge >= 0.3 is 5.97 Å². The van der Waals surface area contributed by atoms with Gasteiger partial charge in [0.1, 0.15) is 6.10 Å². The molecule has 0 heterocycles. The Bertz CT molecular complexity index is 983. The minimum Gasteiger partial charge on any atom is -0.491 e. The van der Waals surface area contributed by atoms with Gasteiger partial charge in [-0.3, -0.25) is 4.79 Å². The molecule has 0 radical (unpaired) electrons. The number of hydrogen-bond acceptors (Lipinski definition) is 4. The van der Waals surface area contributed by atoms with Gasteiger partial charge in [-0.15, -0.1) is 0 Å². The van der Waals surface area contributed by atoms with Gasteiger partial charge in [-0.05, 0) is 138 Å². The van der Waals surface area contributed by atoms with Gasteiger partial charge in [0.25, 0.3) is 0 Å². The van der Waals surface area contributed by atoms with Crippen LogP contribution in [0, 0.1) is 53.1 Å². The fraction of sp³-hybridized carbons (Fsp3) is 0.800. The van der Waals surface area contributed by atoms with Crippen molar-refractivity contribution in [2.75, 3.05) is 13.2 Å². The molecule has 0 amide bonds. The lowest BCUT2D eigenvalue weighted by atomic mass is 9.60. The van der Waals surface area contributed by atoms with E-state index in [-0.39, 0.29) is 42.0 Å². The SMILES string of the molecule is CCCC1CCC2CC(C3CCC(C(=O)OC4CCC(COc5ccc(OCC)c(F)c5F)CC4)CC3)CCC2C1. The standard InChI is InChI=1S/C35H52F2O4/c1-3-5-23-6-9-29-21-28(15-14-27(29)20-23)25-10-12-26(13-11-25)35(38)41-30-16-7-24(8-17-30)22-40-32-19-18-31(39-4-2)33(36)34(32)37/h18-19,23-30H,3-17,20-22H2,1-2H3. The van der Waals surface area contributed by atoms with E-state index in [2.05, 4.69) is 6.92 Å². The molecule has 0 N–H and O–H groups in total. The first-order valence-electron chi connectivity index (χ1n) is 16.9. The summed E-state index contributed by atoms with van der Waals surface area (Å²) >= 11 is 0. The molecule has 6 heteroatoms. The van der Waals surface area contributed by atoms with E-state index < -0.39 is 11.6 Å². The van der Waals surface area contributed by atoms with Gasteiger partial charge in [0.15, 0.2) is 11.5 Å². The molecule has 4 fully saturated rings. The van der Waals surface area contributed by atoms with Crippen LogP contribution in [0.1, 0.15) is 117 Å². The van der Waals surface area contributed by atoms with Gasteiger partial charge in [-0.1, -0.05) is 26.2 Å². The molecule has 1 aromatic rings. The monoisotopic (exact) mass is 574 g/mol. The van der Waals surface area contributed by atoms with E-state index in [0.29, 0.717) is 6.61 Å². The van der Waals surface area contributed by atoms with Crippen molar-refractivity contribution in [1.82, 2.24) is 0 Å². The highest BCUT2D eigenvalue weighted by Gasteiger charge is 2.39. The number of carbonyl (C=O) groups excluding carboxylic acids is 1. The number of halogens is 2. The Balaban J connectivity index is 0.987. The van der Waals surface area contributed by atoms with Crippen LogP contribution in [0.15, 0.2) is 12.1 Å². The highest BCUT2D eigenvalue weighted by atomic mass is 19.2. The predicted octanol–water partition coefficient (Wildman–Crippen LogP) is 9.28. The number of fused-ring (bicyclic) bond motifs is 1. The Morgan fingerprint density at radius 2 is 1.27 bits per heavy atom. The van der Waals surface area contributed by atoms with Crippen LogP contribution in [0.4, 0.5) is 8.78 Å². The zero-order valence-corrected chi connectivity index (χ0v) is 25.4. The lowest BCUT2D eigenvalue weighted by Gasteiger charge is -2.45. The van der Waals surface area contributed by atoms with Crippen molar-refractivity contribution >= 4 is 5.97 Å². The van der Waals surface area contributed by atoms with Crippen LogP contribution in [0.2, 0.25) is 0 Å². The van der Waals surface area contributed by atoms with Gasteiger partial charge < -0.3 is 14.2 Å². The van der Waals surface area contributed by atoms with E-state index >= 15 is 0 Å². The summed E-state index contributed by atoms with van der Waals surface area (Å²) in [4.78, 5) is 13.0. The second-order valence-electron chi connectivity index (χ2n) is 13.7. The molecule has 4 aliphatic carbocycles. The third-order valence-electron chi connectivity index (χ3n) is 11.1. The van der Waals surface area contributed by atoms with Crippen LogP contribution in [0.5, 0.6) is 11.5 Å². The highest BCUT2D eigenvalue weighted by Crippen LogP contribution is 2.49. The average Bonchev–Trinajstić information content (AvgIpc) is 3.00. The fourth-order valence-electron chi connectivity index (χ4n) is 8.72. The molecular formula is C35H52F2O4. The first-order valence-corrected chi connectivity index (χ1v) is 16.9. The van der Waals surface area contributed by atoms with Crippen molar-refractivity contribution in [2.45, 2.75) is 123 Å².